The van der Waals surface area contributed by atoms with Gasteiger partial charge in [0.2, 0.25) is 5.91 Å². The van der Waals surface area contributed by atoms with E-state index in [9.17, 15) is 9.59 Å². The largest absolute Gasteiger partial charge is 0.464 e. The fourth-order valence-corrected chi connectivity index (χ4v) is 3.24. The predicted octanol–water partition coefficient (Wildman–Crippen LogP) is 1.89. The van der Waals surface area contributed by atoms with Gasteiger partial charge in [-0.25, -0.2) is 15.6 Å². The molecule has 8 nitrogen and oxygen atoms in total. The van der Waals surface area contributed by atoms with E-state index in [1.54, 1.807) is 19.1 Å². The highest BCUT2D eigenvalue weighted by Gasteiger charge is 2.18. The molecule has 0 saturated carbocycles. The highest BCUT2D eigenvalue weighted by molar-refractivity contribution is 5.84. The van der Waals surface area contributed by atoms with Gasteiger partial charge < -0.3 is 14.9 Å². The molecule has 2 amide bonds. The van der Waals surface area contributed by atoms with Crippen molar-refractivity contribution < 1.29 is 14.7 Å². The van der Waals surface area contributed by atoms with Gasteiger partial charge in [-0.1, -0.05) is 12.1 Å². The van der Waals surface area contributed by atoms with Crippen molar-refractivity contribution in [1.82, 2.24) is 9.88 Å². The molecule has 0 radical (unpaired) electrons. The predicted molar refractivity (Wildman–Crippen MR) is 107 cm³/mol. The molecule has 1 aliphatic heterocycles. The van der Waals surface area contributed by atoms with Gasteiger partial charge in [0.15, 0.2) is 0 Å². The number of carbonyl (C=O) groups excluding carboxylic acids is 1. The highest BCUT2D eigenvalue weighted by atomic mass is 16.4. The lowest BCUT2D eigenvalue weighted by molar-refractivity contribution is -0.129. The van der Waals surface area contributed by atoms with Crippen molar-refractivity contribution in [3.63, 3.8) is 0 Å². The van der Waals surface area contributed by atoms with Gasteiger partial charge in [-0.2, -0.15) is 0 Å². The van der Waals surface area contributed by atoms with Crippen LogP contribution in [0.3, 0.4) is 0 Å². The zero-order chi connectivity index (χ0) is 20.1. The smallest absolute Gasteiger partial charge is 0.426 e. The van der Waals surface area contributed by atoms with Crippen LogP contribution in [-0.4, -0.2) is 53.2 Å². The Bertz CT molecular complexity index is 815. The summed E-state index contributed by atoms with van der Waals surface area (Å²) in [4.78, 5) is 30.9. The van der Waals surface area contributed by atoms with Crippen molar-refractivity contribution in [3.8, 4) is 0 Å². The summed E-state index contributed by atoms with van der Waals surface area (Å²) in [7, 11) is 0. The third-order valence-corrected chi connectivity index (χ3v) is 4.99. The number of benzene rings is 1. The monoisotopic (exact) mass is 383 g/mol. The molecule has 8 heteroatoms. The molecule has 0 spiro atoms. The van der Waals surface area contributed by atoms with Crippen molar-refractivity contribution >= 4 is 23.4 Å². The first-order valence-corrected chi connectivity index (χ1v) is 9.26. The van der Waals surface area contributed by atoms with E-state index in [0.717, 1.165) is 56.0 Å². The number of hydrogen-bond donors (Lipinski definition) is 2. The van der Waals surface area contributed by atoms with E-state index in [0.29, 0.717) is 10.7 Å². The number of aryl methyl sites for hydroxylation is 2. The lowest BCUT2D eigenvalue weighted by Gasteiger charge is -2.35. The number of hydrogen-bond acceptors (Lipinski definition) is 5. The Kier molecular flexibility index (Phi) is 6.10. The molecule has 3 rings (SSSR count). The molecule has 148 valence electrons. The van der Waals surface area contributed by atoms with Crippen LogP contribution in [0.4, 0.5) is 16.2 Å². The topological polar surface area (TPSA) is 103 Å². The Hall–Kier alpha value is -3.13. The summed E-state index contributed by atoms with van der Waals surface area (Å²) in [6, 6.07) is 11.3. The third-order valence-electron chi connectivity index (χ3n) is 4.99. The second-order valence-electron chi connectivity index (χ2n) is 6.82. The van der Waals surface area contributed by atoms with E-state index < -0.39 is 6.09 Å². The Morgan fingerprint density at radius 1 is 1.07 bits per heavy atom. The quantitative estimate of drug-likeness (QED) is 0.464. The molecule has 3 N–H and O–H groups in total. The molecule has 0 aliphatic carbocycles. The van der Waals surface area contributed by atoms with E-state index in [1.165, 1.54) is 0 Å². The molecule has 28 heavy (non-hydrogen) atoms. The highest BCUT2D eigenvalue weighted by Crippen LogP contribution is 2.17. The second-order valence-corrected chi connectivity index (χ2v) is 6.82. The van der Waals surface area contributed by atoms with Crippen LogP contribution in [0.5, 0.6) is 0 Å². The van der Waals surface area contributed by atoms with Gasteiger partial charge in [-0.15, -0.1) is 0 Å². The molecule has 2 aromatic rings. The Balaban J connectivity index is 1.52. The van der Waals surface area contributed by atoms with E-state index in [-0.39, 0.29) is 5.91 Å². The SMILES string of the molecule is CC(=O)N1CCN(c2ccc(CCc3ccc(N(N)C(=O)O)cc3)nc2)CC1. The molecule has 0 unspecified atom stereocenters. The van der Waals surface area contributed by atoms with Crippen LogP contribution >= 0.6 is 0 Å². The van der Waals surface area contributed by atoms with Crippen molar-refractivity contribution in [2.45, 2.75) is 19.8 Å². The van der Waals surface area contributed by atoms with Crippen LogP contribution in [0.2, 0.25) is 0 Å². The van der Waals surface area contributed by atoms with E-state index >= 15 is 0 Å². The maximum atomic E-state index is 11.4. The molecule has 0 bridgehead atoms. The van der Waals surface area contributed by atoms with Gasteiger partial charge in [0.05, 0.1) is 17.6 Å². The first kappa shape index (κ1) is 19.6. The van der Waals surface area contributed by atoms with Gasteiger partial charge in [0, 0.05) is 38.8 Å². The average Bonchev–Trinajstić information content (AvgIpc) is 2.72. The summed E-state index contributed by atoms with van der Waals surface area (Å²) in [5.74, 6) is 5.58. The second kappa shape index (κ2) is 8.71. The molecule has 1 saturated heterocycles. The summed E-state index contributed by atoms with van der Waals surface area (Å²) in [5.41, 5.74) is 3.60. The van der Waals surface area contributed by atoms with Crippen molar-refractivity contribution in [2.24, 2.45) is 5.84 Å². The standard InChI is InChI=1S/C20H25N5O3/c1-15(26)23-10-12-24(13-11-23)19-9-6-17(22-14-19)5-2-16-3-7-18(8-4-16)25(21)20(27)28/h3-4,6-9,14H,2,5,10-13,21H2,1H3,(H,27,28). The number of carboxylic acid groups (broad SMARTS) is 1. The van der Waals surface area contributed by atoms with Crippen LogP contribution in [-0.2, 0) is 17.6 Å². The maximum Gasteiger partial charge on any atom is 0.426 e. The van der Waals surface area contributed by atoms with Gasteiger partial charge in [-0.3, -0.25) is 9.78 Å². The lowest BCUT2D eigenvalue weighted by atomic mass is 10.1. The molecule has 1 aliphatic rings. The molecule has 2 heterocycles. The third kappa shape index (κ3) is 4.77. The van der Waals surface area contributed by atoms with Gasteiger partial charge in [-0.05, 0) is 42.7 Å². The summed E-state index contributed by atoms with van der Waals surface area (Å²) in [6.45, 7) is 4.74. The van der Waals surface area contributed by atoms with Gasteiger partial charge in [0.1, 0.15) is 0 Å². The van der Waals surface area contributed by atoms with Gasteiger partial charge >= 0.3 is 6.09 Å². The molecule has 1 fully saturated rings. The lowest BCUT2D eigenvalue weighted by Crippen LogP contribution is -2.48. The number of rotatable bonds is 5. The fourth-order valence-electron chi connectivity index (χ4n) is 3.24. The number of amides is 2. The zero-order valence-electron chi connectivity index (χ0n) is 15.9. The fraction of sp³-hybridized carbons (Fsp3) is 0.350. The van der Waals surface area contributed by atoms with E-state index in [2.05, 4.69) is 16.0 Å². The van der Waals surface area contributed by atoms with Crippen LogP contribution in [0.15, 0.2) is 42.6 Å². The number of nitrogens with two attached hydrogens (primary N) is 1. The average molecular weight is 383 g/mol. The number of carbonyl (C=O) groups is 2. The van der Waals surface area contributed by atoms with Gasteiger partial charge in [0.25, 0.3) is 0 Å². The molecule has 0 atom stereocenters. The minimum absolute atomic E-state index is 0.128. The number of nitrogens with zero attached hydrogens (tertiary/aromatic N) is 4. The minimum Gasteiger partial charge on any atom is -0.464 e. The van der Waals surface area contributed by atoms with Crippen LogP contribution in [0.25, 0.3) is 0 Å². The number of aromatic nitrogens is 1. The Labute approximate surface area is 164 Å². The zero-order valence-corrected chi connectivity index (χ0v) is 15.9. The number of anilines is 2. The first-order valence-electron chi connectivity index (χ1n) is 9.26. The summed E-state index contributed by atoms with van der Waals surface area (Å²) in [6.07, 6.45) is 2.30. The number of hydrazine groups is 1. The minimum atomic E-state index is -1.19. The summed E-state index contributed by atoms with van der Waals surface area (Å²) < 4.78 is 0. The first-order chi connectivity index (χ1) is 13.4. The molecule has 1 aromatic heterocycles. The maximum absolute atomic E-state index is 11.4. The summed E-state index contributed by atoms with van der Waals surface area (Å²) >= 11 is 0. The summed E-state index contributed by atoms with van der Waals surface area (Å²) in [5, 5.41) is 9.58. The Morgan fingerprint density at radius 2 is 1.75 bits per heavy atom. The van der Waals surface area contributed by atoms with E-state index in [1.807, 2.05) is 29.3 Å². The Morgan fingerprint density at radius 3 is 2.29 bits per heavy atom. The van der Waals surface area contributed by atoms with Crippen LogP contribution < -0.4 is 15.8 Å². The molecule has 1 aromatic carbocycles. The van der Waals surface area contributed by atoms with E-state index in [4.69, 9.17) is 10.9 Å². The van der Waals surface area contributed by atoms with Crippen molar-refractivity contribution in [3.05, 3.63) is 53.9 Å². The number of piperazine rings is 1. The van der Waals surface area contributed by atoms with Crippen LogP contribution in [0.1, 0.15) is 18.2 Å². The molecular formula is C20H25N5O3. The van der Waals surface area contributed by atoms with Crippen LogP contribution in [0, 0.1) is 0 Å². The van der Waals surface area contributed by atoms with Crippen molar-refractivity contribution in [2.75, 3.05) is 36.1 Å². The normalized spacial score (nSPS) is 14.1. The molecular weight excluding hydrogens is 358 g/mol. The number of pyridine rings is 1. The van der Waals surface area contributed by atoms with Crippen molar-refractivity contribution in [1.29, 1.82) is 0 Å².